The summed E-state index contributed by atoms with van der Waals surface area (Å²) in [5.41, 5.74) is 5.98. The largest absolute Gasteiger partial charge is 0.400 e. The molecule has 19 heavy (non-hydrogen) atoms. The Morgan fingerprint density at radius 3 is 2.16 bits per heavy atom. The topological polar surface area (TPSA) is 118 Å². The molecule has 4 N–H and O–H groups in total. The quantitative estimate of drug-likeness (QED) is 0.704. The summed E-state index contributed by atoms with van der Waals surface area (Å²) in [4.78, 5) is 7.67. The molecule has 1 aromatic carbocycles. The van der Waals surface area contributed by atoms with Crippen molar-refractivity contribution in [2.24, 2.45) is 0 Å². The molecule has 0 bridgehead atoms. The third kappa shape index (κ3) is 4.19. The molecule has 0 aliphatic carbocycles. The van der Waals surface area contributed by atoms with Crippen LogP contribution in [0.15, 0.2) is 47.6 Å². The standard InChI is InChI=1S/C10H10N4O2S.CH4O/c11-8-2-4-9(5-3-8)17(15,16)14-10-12-6-1-7-13-10;1-2/h1-7H,11H2,(H,12,13,14);2H,1H3. The van der Waals surface area contributed by atoms with Crippen LogP contribution in [0.4, 0.5) is 11.6 Å². The molecule has 2 rings (SSSR count). The number of nitrogens with zero attached hydrogens (tertiary/aromatic N) is 2. The molecular formula is C11H14N4O3S. The lowest BCUT2D eigenvalue weighted by Crippen LogP contribution is -2.14. The molecule has 0 aliphatic heterocycles. The fraction of sp³-hybridized carbons (Fsp3) is 0.0909. The molecule has 0 spiro atoms. The number of nitrogens with one attached hydrogen (secondary N) is 1. The molecular weight excluding hydrogens is 268 g/mol. The number of benzene rings is 1. The summed E-state index contributed by atoms with van der Waals surface area (Å²) in [6.45, 7) is 0. The molecule has 0 saturated heterocycles. The molecule has 8 heteroatoms. The van der Waals surface area contributed by atoms with Crippen molar-refractivity contribution < 1.29 is 13.5 Å². The number of rotatable bonds is 3. The van der Waals surface area contributed by atoms with Crippen LogP contribution >= 0.6 is 0 Å². The number of nitrogens with two attached hydrogens (primary N) is 1. The van der Waals surface area contributed by atoms with Gasteiger partial charge < -0.3 is 10.8 Å². The fourth-order valence-corrected chi connectivity index (χ4v) is 2.14. The van der Waals surface area contributed by atoms with Crippen LogP contribution in [0.1, 0.15) is 0 Å². The Kier molecular flexibility index (Phi) is 5.22. The van der Waals surface area contributed by atoms with Crippen molar-refractivity contribution in [1.82, 2.24) is 9.97 Å². The van der Waals surface area contributed by atoms with Crippen LogP contribution < -0.4 is 10.5 Å². The van der Waals surface area contributed by atoms with Crippen molar-refractivity contribution in [1.29, 1.82) is 0 Å². The monoisotopic (exact) mass is 282 g/mol. The lowest BCUT2D eigenvalue weighted by atomic mass is 10.3. The van der Waals surface area contributed by atoms with E-state index in [9.17, 15) is 8.42 Å². The number of sulfonamides is 1. The molecule has 1 heterocycles. The first kappa shape index (κ1) is 14.9. The fourth-order valence-electron chi connectivity index (χ4n) is 1.18. The lowest BCUT2D eigenvalue weighted by Gasteiger charge is -2.05. The maximum atomic E-state index is 11.9. The van der Waals surface area contributed by atoms with Crippen molar-refractivity contribution in [3.8, 4) is 0 Å². The second kappa shape index (κ2) is 6.66. The van der Waals surface area contributed by atoms with E-state index in [1.54, 1.807) is 6.07 Å². The molecule has 0 unspecified atom stereocenters. The van der Waals surface area contributed by atoms with Crippen LogP contribution in [0.3, 0.4) is 0 Å². The van der Waals surface area contributed by atoms with Crippen LogP contribution in [-0.2, 0) is 10.0 Å². The van der Waals surface area contributed by atoms with Crippen molar-refractivity contribution in [3.63, 3.8) is 0 Å². The van der Waals surface area contributed by atoms with E-state index in [4.69, 9.17) is 10.8 Å². The Morgan fingerprint density at radius 1 is 1.11 bits per heavy atom. The van der Waals surface area contributed by atoms with Crippen molar-refractivity contribution in [3.05, 3.63) is 42.7 Å². The second-order valence-corrected chi connectivity index (χ2v) is 4.93. The number of hydrogen-bond donors (Lipinski definition) is 3. The molecule has 0 radical (unpaired) electrons. The van der Waals surface area contributed by atoms with Gasteiger partial charge in [0.1, 0.15) is 0 Å². The Bertz CT molecular complexity index is 600. The molecule has 0 aliphatic rings. The van der Waals surface area contributed by atoms with Crippen LogP contribution in [0, 0.1) is 0 Å². The third-order valence-electron chi connectivity index (χ3n) is 1.98. The summed E-state index contributed by atoms with van der Waals surface area (Å²) in [7, 11) is -2.66. The van der Waals surface area contributed by atoms with E-state index >= 15 is 0 Å². The highest BCUT2D eigenvalue weighted by Crippen LogP contribution is 2.14. The molecule has 2 aromatic rings. The highest BCUT2D eigenvalue weighted by Gasteiger charge is 2.14. The van der Waals surface area contributed by atoms with Gasteiger partial charge >= 0.3 is 0 Å². The molecule has 0 atom stereocenters. The lowest BCUT2D eigenvalue weighted by molar-refractivity contribution is 0.399. The summed E-state index contributed by atoms with van der Waals surface area (Å²) in [6.07, 6.45) is 2.90. The Hall–Kier alpha value is -2.19. The van der Waals surface area contributed by atoms with Crippen LogP contribution in [0.25, 0.3) is 0 Å². The van der Waals surface area contributed by atoms with E-state index < -0.39 is 10.0 Å². The summed E-state index contributed by atoms with van der Waals surface area (Å²) in [6, 6.07) is 7.46. The molecule has 0 fully saturated rings. The number of nitrogen functional groups attached to an aromatic ring is 1. The maximum Gasteiger partial charge on any atom is 0.264 e. The van der Waals surface area contributed by atoms with Crippen molar-refractivity contribution in [2.45, 2.75) is 4.90 Å². The normalized spacial score (nSPS) is 10.2. The predicted octanol–water partition coefficient (Wildman–Crippen LogP) is 0.468. The second-order valence-electron chi connectivity index (χ2n) is 3.25. The summed E-state index contributed by atoms with van der Waals surface area (Å²) in [5, 5.41) is 7.00. The number of aromatic nitrogens is 2. The summed E-state index contributed by atoms with van der Waals surface area (Å²) >= 11 is 0. The van der Waals surface area contributed by atoms with Gasteiger partial charge in [-0.3, -0.25) is 0 Å². The van der Waals surface area contributed by atoms with Gasteiger partial charge in [-0.2, -0.15) is 0 Å². The van der Waals surface area contributed by atoms with Gasteiger partial charge in [-0.05, 0) is 30.3 Å². The van der Waals surface area contributed by atoms with Gasteiger partial charge in [-0.1, -0.05) is 0 Å². The molecule has 7 nitrogen and oxygen atoms in total. The van der Waals surface area contributed by atoms with E-state index in [1.165, 1.54) is 36.7 Å². The van der Waals surface area contributed by atoms with E-state index in [2.05, 4.69) is 14.7 Å². The molecule has 102 valence electrons. The van der Waals surface area contributed by atoms with E-state index in [0.29, 0.717) is 5.69 Å². The first-order chi connectivity index (χ1) is 9.08. The number of aliphatic hydroxyl groups excluding tert-OH is 1. The molecule has 1 aromatic heterocycles. The first-order valence-electron chi connectivity index (χ1n) is 5.18. The Morgan fingerprint density at radius 2 is 1.63 bits per heavy atom. The summed E-state index contributed by atoms with van der Waals surface area (Å²) in [5.74, 6) is 0.0318. The van der Waals surface area contributed by atoms with Crippen LogP contribution in [0.5, 0.6) is 0 Å². The van der Waals surface area contributed by atoms with Gasteiger partial charge in [-0.15, -0.1) is 0 Å². The van der Waals surface area contributed by atoms with E-state index in [1.807, 2.05) is 0 Å². The number of anilines is 2. The van der Waals surface area contributed by atoms with Gasteiger partial charge in [0.2, 0.25) is 5.95 Å². The zero-order chi connectivity index (χ0) is 14.3. The van der Waals surface area contributed by atoms with Crippen LogP contribution in [-0.4, -0.2) is 30.6 Å². The zero-order valence-electron chi connectivity index (χ0n) is 10.2. The average Bonchev–Trinajstić information content (AvgIpc) is 2.42. The third-order valence-corrected chi connectivity index (χ3v) is 3.33. The van der Waals surface area contributed by atoms with E-state index in [0.717, 1.165) is 7.11 Å². The maximum absolute atomic E-state index is 11.9. The number of hydrogen-bond acceptors (Lipinski definition) is 6. The highest BCUT2D eigenvalue weighted by atomic mass is 32.2. The Balaban J connectivity index is 0.000000861. The van der Waals surface area contributed by atoms with Gasteiger partial charge in [0.15, 0.2) is 0 Å². The SMILES string of the molecule is CO.Nc1ccc(S(=O)(=O)Nc2ncccn2)cc1. The van der Waals surface area contributed by atoms with Gasteiger partial charge in [-0.25, -0.2) is 23.1 Å². The minimum Gasteiger partial charge on any atom is -0.400 e. The van der Waals surface area contributed by atoms with Gasteiger partial charge in [0.25, 0.3) is 10.0 Å². The summed E-state index contributed by atoms with van der Waals surface area (Å²) < 4.78 is 26.0. The van der Waals surface area contributed by atoms with Gasteiger partial charge in [0, 0.05) is 25.2 Å². The smallest absolute Gasteiger partial charge is 0.264 e. The minimum absolute atomic E-state index is 0.0318. The van der Waals surface area contributed by atoms with E-state index in [-0.39, 0.29) is 10.8 Å². The number of aliphatic hydroxyl groups is 1. The van der Waals surface area contributed by atoms with Gasteiger partial charge in [0.05, 0.1) is 4.90 Å². The van der Waals surface area contributed by atoms with Crippen LogP contribution in [0.2, 0.25) is 0 Å². The molecule has 0 saturated carbocycles. The zero-order valence-corrected chi connectivity index (χ0v) is 11.0. The highest BCUT2D eigenvalue weighted by molar-refractivity contribution is 7.92. The minimum atomic E-state index is -3.66. The molecule has 0 amide bonds. The average molecular weight is 282 g/mol. The predicted molar refractivity (Wildman–Crippen MR) is 71.8 cm³/mol. The van der Waals surface area contributed by atoms with Crippen molar-refractivity contribution >= 4 is 21.7 Å². The first-order valence-corrected chi connectivity index (χ1v) is 6.66. The van der Waals surface area contributed by atoms with Crippen molar-refractivity contribution in [2.75, 3.05) is 17.6 Å². The Labute approximate surface area is 111 Å².